The number of phenolic OH excluding ortho intramolecular Hbond substituents is 1. The van der Waals surface area contributed by atoms with Crippen LogP contribution in [-0.4, -0.2) is 16.3 Å². The van der Waals surface area contributed by atoms with Crippen LogP contribution in [0.25, 0.3) is 17.2 Å². The van der Waals surface area contributed by atoms with Crippen LogP contribution in [-0.2, 0) is 0 Å². The molecule has 1 unspecified atom stereocenters. The first kappa shape index (κ1) is 16.2. The summed E-state index contributed by atoms with van der Waals surface area (Å²) in [6.07, 6.45) is 6.19. The molecule has 2 rings (SSSR count). The normalized spacial score (nSPS) is 12.7. The lowest BCUT2D eigenvalue weighted by atomic mass is 10.0. The lowest BCUT2D eigenvalue weighted by Crippen LogP contribution is -1.97. The highest BCUT2D eigenvalue weighted by molar-refractivity contribution is 5.67. The molecule has 1 atom stereocenters. The highest BCUT2D eigenvalue weighted by Gasteiger charge is 2.05. The van der Waals surface area contributed by atoms with Crippen LogP contribution in [0.1, 0.15) is 31.7 Å². The number of phenols is 1. The van der Waals surface area contributed by atoms with Gasteiger partial charge in [-0.1, -0.05) is 36.4 Å². The molecule has 0 amide bonds. The molecule has 22 heavy (non-hydrogen) atoms. The van der Waals surface area contributed by atoms with Crippen LogP contribution in [0.15, 0.2) is 48.5 Å². The van der Waals surface area contributed by atoms with Gasteiger partial charge in [0.15, 0.2) is 0 Å². The zero-order valence-corrected chi connectivity index (χ0v) is 12.7. The fraction of sp³-hybridized carbons (Fsp3) is 0.263. The first-order chi connectivity index (χ1) is 10.6. The van der Waals surface area contributed by atoms with Crippen LogP contribution in [0.2, 0.25) is 0 Å². The summed E-state index contributed by atoms with van der Waals surface area (Å²) in [7, 11) is 0. The van der Waals surface area contributed by atoms with Crippen molar-refractivity contribution in [3.63, 3.8) is 0 Å². The first-order valence-corrected chi connectivity index (χ1v) is 7.50. The fourth-order valence-corrected chi connectivity index (χ4v) is 2.26. The maximum absolute atomic E-state index is 14.2. The Labute approximate surface area is 130 Å². The number of allylic oxidation sites excluding steroid dienone is 1. The van der Waals surface area contributed by atoms with Crippen molar-refractivity contribution in [1.82, 2.24) is 0 Å². The zero-order chi connectivity index (χ0) is 15.9. The smallest absolute Gasteiger partial charge is 0.131 e. The lowest BCUT2D eigenvalue weighted by molar-refractivity contribution is 0.182. The zero-order valence-electron chi connectivity index (χ0n) is 12.7. The predicted octanol–water partition coefficient (Wildman–Crippen LogP) is 4.76. The van der Waals surface area contributed by atoms with Crippen molar-refractivity contribution in [2.45, 2.75) is 32.3 Å². The van der Waals surface area contributed by atoms with Gasteiger partial charge in [0.25, 0.3) is 0 Å². The van der Waals surface area contributed by atoms with E-state index < -0.39 is 0 Å². The molecular formula is C19H21FO2. The third kappa shape index (κ3) is 4.71. The number of aromatic hydroxyl groups is 1. The van der Waals surface area contributed by atoms with E-state index in [1.807, 2.05) is 18.2 Å². The van der Waals surface area contributed by atoms with Gasteiger partial charge in [0, 0.05) is 5.56 Å². The molecule has 0 heterocycles. The van der Waals surface area contributed by atoms with Crippen LogP contribution in [0, 0.1) is 5.82 Å². The number of benzene rings is 2. The molecule has 2 nitrogen and oxygen atoms in total. The number of unbranched alkanes of at least 4 members (excludes halogenated alkanes) is 1. The minimum atomic E-state index is -0.281. The lowest BCUT2D eigenvalue weighted by Gasteiger charge is -2.05. The second kappa shape index (κ2) is 7.76. The van der Waals surface area contributed by atoms with Gasteiger partial charge in [-0.25, -0.2) is 4.39 Å². The molecule has 0 aliphatic heterocycles. The highest BCUT2D eigenvalue weighted by Crippen LogP contribution is 2.25. The van der Waals surface area contributed by atoms with E-state index in [2.05, 4.69) is 0 Å². The van der Waals surface area contributed by atoms with E-state index in [4.69, 9.17) is 0 Å². The SMILES string of the molecule is CC(O)CCCC=Cc1ccc(-c2ccc(O)cc2)c(F)c1. The number of aliphatic hydroxyl groups excluding tert-OH is 1. The van der Waals surface area contributed by atoms with E-state index in [1.54, 1.807) is 37.3 Å². The average Bonchev–Trinajstić information content (AvgIpc) is 2.48. The minimum absolute atomic E-state index is 0.168. The Balaban J connectivity index is 2.03. The Bertz CT molecular complexity index is 630. The molecule has 2 aromatic rings. The van der Waals surface area contributed by atoms with Gasteiger partial charge in [-0.3, -0.25) is 0 Å². The van der Waals surface area contributed by atoms with Crippen molar-refractivity contribution in [3.8, 4) is 16.9 Å². The van der Waals surface area contributed by atoms with E-state index in [0.29, 0.717) is 5.56 Å². The van der Waals surface area contributed by atoms with Crippen LogP contribution < -0.4 is 0 Å². The number of aliphatic hydroxyl groups is 1. The van der Waals surface area contributed by atoms with Crippen LogP contribution in [0.4, 0.5) is 4.39 Å². The van der Waals surface area contributed by atoms with Crippen LogP contribution >= 0.6 is 0 Å². The minimum Gasteiger partial charge on any atom is -0.508 e. The van der Waals surface area contributed by atoms with E-state index in [9.17, 15) is 14.6 Å². The molecule has 2 aromatic carbocycles. The second-order valence-corrected chi connectivity index (χ2v) is 5.47. The van der Waals surface area contributed by atoms with Gasteiger partial charge in [0.1, 0.15) is 11.6 Å². The topological polar surface area (TPSA) is 40.5 Å². The van der Waals surface area contributed by atoms with Crippen molar-refractivity contribution in [1.29, 1.82) is 0 Å². The molecule has 0 bridgehead atoms. The molecule has 0 aromatic heterocycles. The number of hydrogen-bond acceptors (Lipinski definition) is 2. The molecule has 3 heteroatoms. The maximum atomic E-state index is 14.2. The molecule has 0 aliphatic carbocycles. The van der Waals surface area contributed by atoms with Crippen molar-refractivity contribution >= 4 is 6.08 Å². The van der Waals surface area contributed by atoms with Gasteiger partial charge in [-0.2, -0.15) is 0 Å². The summed E-state index contributed by atoms with van der Waals surface area (Å²) in [5, 5.41) is 18.4. The molecular weight excluding hydrogens is 279 g/mol. The summed E-state index contributed by atoms with van der Waals surface area (Å²) in [6.45, 7) is 1.78. The van der Waals surface area contributed by atoms with Crippen molar-refractivity contribution in [3.05, 3.63) is 59.9 Å². The Morgan fingerprint density at radius 2 is 1.86 bits per heavy atom. The third-order valence-corrected chi connectivity index (χ3v) is 3.47. The quantitative estimate of drug-likeness (QED) is 0.755. The molecule has 0 radical (unpaired) electrons. The maximum Gasteiger partial charge on any atom is 0.131 e. The average molecular weight is 300 g/mol. The van der Waals surface area contributed by atoms with E-state index in [1.165, 1.54) is 6.07 Å². The van der Waals surface area contributed by atoms with Crippen LogP contribution in [0.5, 0.6) is 5.75 Å². The van der Waals surface area contributed by atoms with E-state index >= 15 is 0 Å². The van der Waals surface area contributed by atoms with Crippen molar-refractivity contribution in [2.75, 3.05) is 0 Å². The van der Waals surface area contributed by atoms with Gasteiger partial charge in [0.2, 0.25) is 0 Å². The van der Waals surface area contributed by atoms with Gasteiger partial charge < -0.3 is 10.2 Å². The Morgan fingerprint density at radius 1 is 1.14 bits per heavy atom. The van der Waals surface area contributed by atoms with Gasteiger partial charge in [-0.05, 0) is 55.5 Å². The largest absolute Gasteiger partial charge is 0.508 e. The van der Waals surface area contributed by atoms with Crippen molar-refractivity contribution < 1.29 is 14.6 Å². The van der Waals surface area contributed by atoms with Crippen molar-refractivity contribution in [2.24, 2.45) is 0 Å². The van der Waals surface area contributed by atoms with Gasteiger partial charge in [0.05, 0.1) is 6.10 Å². The number of halogens is 1. The molecule has 0 fully saturated rings. The molecule has 0 saturated heterocycles. The Hall–Kier alpha value is -2.13. The summed E-state index contributed by atoms with van der Waals surface area (Å²) in [5.41, 5.74) is 2.08. The monoisotopic (exact) mass is 300 g/mol. The Morgan fingerprint density at radius 3 is 2.50 bits per heavy atom. The summed E-state index contributed by atoms with van der Waals surface area (Å²) >= 11 is 0. The van der Waals surface area contributed by atoms with E-state index in [0.717, 1.165) is 30.4 Å². The first-order valence-electron chi connectivity index (χ1n) is 7.50. The number of rotatable bonds is 6. The second-order valence-electron chi connectivity index (χ2n) is 5.47. The predicted molar refractivity (Wildman–Crippen MR) is 88.1 cm³/mol. The highest BCUT2D eigenvalue weighted by atomic mass is 19.1. The summed E-state index contributed by atoms with van der Waals surface area (Å²) < 4.78 is 14.2. The number of hydrogen-bond donors (Lipinski definition) is 2. The fourth-order valence-electron chi connectivity index (χ4n) is 2.26. The summed E-state index contributed by atoms with van der Waals surface area (Å²) in [6, 6.07) is 11.6. The van der Waals surface area contributed by atoms with Gasteiger partial charge >= 0.3 is 0 Å². The molecule has 0 aliphatic rings. The van der Waals surface area contributed by atoms with Crippen LogP contribution in [0.3, 0.4) is 0 Å². The molecule has 0 spiro atoms. The van der Waals surface area contributed by atoms with Gasteiger partial charge in [-0.15, -0.1) is 0 Å². The summed E-state index contributed by atoms with van der Waals surface area (Å²) in [5.74, 6) is -0.113. The molecule has 2 N–H and O–H groups in total. The molecule has 0 saturated carbocycles. The standard InChI is InChI=1S/C19H21FO2/c1-14(21)5-3-2-4-6-15-7-12-18(19(20)13-15)16-8-10-17(22)11-9-16/h4,6-14,21-22H,2-3,5H2,1H3. The van der Waals surface area contributed by atoms with E-state index in [-0.39, 0.29) is 17.7 Å². The third-order valence-electron chi connectivity index (χ3n) is 3.47. The Kier molecular flexibility index (Phi) is 5.73. The summed E-state index contributed by atoms with van der Waals surface area (Å²) in [4.78, 5) is 0. The molecule has 116 valence electrons.